The predicted molar refractivity (Wildman–Crippen MR) is 94.0 cm³/mol. The van der Waals surface area contributed by atoms with Crippen molar-refractivity contribution in [3.05, 3.63) is 0 Å². The summed E-state index contributed by atoms with van der Waals surface area (Å²) in [5.41, 5.74) is -0.0432. The first kappa shape index (κ1) is 19.0. The highest BCUT2D eigenvalue weighted by molar-refractivity contribution is 5.85. The maximum atomic E-state index is 11.8. The Hall–Kier alpha value is -1.34. The fourth-order valence-corrected chi connectivity index (χ4v) is 3.29. The molecule has 1 saturated heterocycles. The molecule has 24 heavy (non-hydrogen) atoms. The molecule has 1 amide bonds. The summed E-state index contributed by atoms with van der Waals surface area (Å²) in [6, 6.07) is 0.430. The number of rotatable bonds is 7. The van der Waals surface area contributed by atoms with Gasteiger partial charge in [0.05, 0.1) is 6.61 Å². The van der Waals surface area contributed by atoms with E-state index in [-0.39, 0.29) is 24.5 Å². The normalized spacial score (nSPS) is 25.0. The Morgan fingerprint density at radius 1 is 1.38 bits per heavy atom. The van der Waals surface area contributed by atoms with Crippen molar-refractivity contribution in [3.8, 4) is 0 Å². The maximum absolute atomic E-state index is 11.8. The molecule has 0 spiro atoms. The van der Waals surface area contributed by atoms with E-state index in [9.17, 15) is 9.90 Å². The van der Waals surface area contributed by atoms with Crippen molar-refractivity contribution in [2.45, 2.75) is 44.6 Å². The number of nitrogens with one attached hydrogen (secondary N) is 2. The van der Waals surface area contributed by atoms with Crippen LogP contribution in [0.3, 0.4) is 0 Å². The van der Waals surface area contributed by atoms with Crippen LogP contribution in [-0.2, 0) is 9.53 Å². The lowest BCUT2D eigenvalue weighted by Gasteiger charge is -2.28. The number of ether oxygens (including phenoxy) is 1. The van der Waals surface area contributed by atoms with E-state index in [1.807, 2.05) is 0 Å². The van der Waals surface area contributed by atoms with Crippen LogP contribution in [0.15, 0.2) is 4.99 Å². The van der Waals surface area contributed by atoms with Crippen LogP contribution in [0.4, 0.5) is 0 Å². The molecule has 1 aliphatic heterocycles. The van der Waals surface area contributed by atoms with Crippen molar-refractivity contribution >= 4 is 11.9 Å². The highest BCUT2D eigenvalue weighted by Crippen LogP contribution is 2.31. The summed E-state index contributed by atoms with van der Waals surface area (Å²) in [6.07, 6.45) is 6.43. The second kappa shape index (κ2) is 9.22. The molecule has 1 atom stereocenters. The van der Waals surface area contributed by atoms with Crippen LogP contribution in [0.25, 0.3) is 0 Å². The molecular formula is C17H32N4O3. The van der Waals surface area contributed by atoms with Crippen LogP contribution in [0.1, 0.15) is 38.5 Å². The number of aliphatic hydroxyl groups is 1. The number of nitrogens with zero attached hydrogens (tertiary/aromatic N) is 2. The summed E-state index contributed by atoms with van der Waals surface area (Å²) in [7, 11) is 3.48. The van der Waals surface area contributed by atoms with Gasteiger partial charge in [-0.1, -0.05) is 12.8 Å². The van der Waals surface area contributed by atoms with Crippen molar-refractivity contribution in [2.75, 3.05) is 47.0 Å². The lowest BCUT2D eigenvalue weighted by Crippen LogP contribution is -2.47. The molecule has 7 heteroatoms. The van der Waals surface area contributed by atoms with Gasteiger partial charge in [-0.3, -0.25) is 4.79 Å². The Kier molecular flexibility index (Phi) is 7.30. The molecule has 0 aromatic rings. The fourth-order valence-electron chi connectivity index (χ4n) is 3.29. The summed E-state index contributed by atoms with van der Waals surface area (Å²) in [6.45, 7) is 2.39. The Bertz CT molecular complexity index is 428. The van der Waals surface area contributed by atoms with E-state index in [0.29, 0.717) is 31.6 Å². The average molecular weight is 340 g/mol. The van der Waals surface area contributed by atoms with E-state index in [2.05, 4.69) is 15.6 Å². The van der Waals surface area contributed by atoms with E-state index in [4.69, 9.17) is 4.74 Å². The summed E-state index contributed by atoms with van der Waals surface area (Å²) in [4.78, 5) is 17.8. The molecule has 2 aliphatic rings. The first-order valence-electron chi connectivity index (χ1n) is 8.98. The molecule has 0 aromatic carbocycles. The Morgan fingerprint density at radius 3 is 2.71 bits per heavy atom. The summed E-state index contributed by atoms with van der Waals surface area (Å²) in [5.74, 6) is 0.679. The highest BCUT2D eigenvalue weighted by Gasteiger charge is 2.34. The van der Waals surface area contributed by atoms with Crippen molar-refractivity contribution in [1.82, 2.24) is 15.5 Å². The third kappa shape index (κ3) is 5.63. The molecule has 1 saturated carbocycles. The van der Waals surface area contributed by atoms with Gasteiger partial charge in [0.2, 0.25) is 5.91 Å². The Morgan fingerprint density at radius 2 is 2.12 bits per heavy atom. The molecule has 1 heterocycles. The molecule has 138 valence electrons. The lowest BCUT2D eigenvalue weighted by atomic mass is 9.84. The van der Waals surface area contributed by atoms with Crippen molar-refractivity contribution < 1.29 is 14.6 Å². The van der Waals surface area contributed by atoms with E-state index >= 15 is 0 Å². The minimum atomic E-state index is -0.0432. The standard InChI is InChI=1S/C17H32N4O3/c1-21(2)15(23)11-18-16(20-14-5-3-4-6-14)19-12-17(7-9-22)8-10-24-13-17/h14,22H,3-13H2,1-2H3,(H2,18,19,20). The van der Waals surface area contributed by atoms with Crippen LogP contribution >= 0.6 is 0 Å². The number of carbonyl (C=O) groups is 1. The van der Waals surface area contributed by atoms with Gasteiger partial charge in [0, 0.05) is 45.3 Å². The molecule has 7 nitrogen and oxygen atoms in total. The minimum absolute atomic E-state index is 0.0169. The molecule has 3 N–H and O–H groups in total. The lowest BCUT2D eigenvalue weighted by molar-refractivity contribution is -0.127. The predicted octanol–water partition coefficient (Wildman–Crippen LogP) is 0.342. The highest BCUT2D eigenvalue weighted by atomic mass is 16.5. The summed E-state index contributed by atoms with van der Waals surface area (Å²) < 4.78 is 5.54. The van der Waals surface area contributed by atoms with Crippen LogP contribution in [0, 0.1) is 5.41 Å². The molecule has 0 radical (unpaired) electrons. The minimum Gasteiger partial charge on any atom is -0.396 e. The molecule has 2 rings (SSSR count). The Labute approximate surface area is 144 Å². The number of likely N-dealkylation sites (N-methyl/N-ethyl adjacent to an activating group) is 1. The second-order valence-electron chi connectivity index (χ2n) is 7.21. The number of carbonyl (C=O) groups excluding carboxylic acids is 1. The van der Waals surface area contributed by atoms with Crippen LogP contribution < -0.4 is 10.6 Å². The second-order valence-corrected chi connectivity index (χ2v) is 7.21. The van der Waals surface area contributed by atoms with Gasteiger partial charge in [-0.15, -0.1) is 0 Å². The topological polar surface area (TPSA) is 86.2 Å². The van der Waals surface area contributed by atoms with E-state index in [0.717, 1.165) is 25.9 Å². The number of aliphatic imine (C=N–C) groups is 1. The third-order valence-electron chi connectivity index (χ3n) is 5.03. The van der Waals surface area contributed by atoms with E-state index in [1.165, 1.54) is 12.8 Å². The molecule has 1 unspecified atom stereocenters. The first-order chi connectivity index (χ1) is 11.5. The van der Waals surface area contributed by atoms with Crippen molar-refractivity contribution in [3.63, 3.8) is 0 Å². The van der Waals surface area contributed by atoms with Crippen molar-refractivity contribution in [1.29, 1.82) is 0 Å². The quantitative estimate of drug-likeness (QED) is 0.460. The van der Waals surface area contributed by atoms with Gasteiger partial charge in [-0.05, 0) is 25.7 Å². The summed E-state index contributed by atoms with van der Waals surface area (Å²) in [5, 5.41) is 16.2. The van der Waals surface area contributed by atoms with Gasteiger partial charge in [-0.2, -0.15) is 0 Å². The fraction of sp³-hybridized carbons (Fsp3) is 0.882. The third-order valence-corrected chi connectivity index (χ3v) is 5.03. The van der Waals surface area contributed by atoms with Crippen LogP contribution in [0.5, 0.6) is 0 Å². The van der Waals surface area contributed by atoms with Gasteiger partial charge in [0.25, 0.3) is 0 Å². The van der Waals surface area contributed by atoms with Crippen molar-refractivity contribution in [2.24, 2.45) is 10.4 Å². The summed E-state index contributed by atoms with van der Waals surface area (Å²) >= 11 is 0. The molecule has 0 bridgehead atoms. The zero-order valence-electron chi connectivity index (χ0n) is 15.0. The molecule has 0 aromatic heterocycles. The van der Waals surface area contributed by atoms with Crippen LogP contribution in [0.2, 0.25) is 0 Å². The number of aliphatic hydroxyl groups excluding tert-OH is 1. The van der Waals surface area contributed by atoms with Gasteiger partial charge in [-0.25, -0.2) is 4.99 Å². The number of hydrogen-bond acceptors (Lipinski definition) is 4. The smallest absolute Gasteiger partial charge is 0.243 e. The van der Waals surface area contributed by atoms with Gasteiger partial charge in [0.1, 0.15) is 6.54 Å². The first-order valence-corrected chi connectivity index (χ1v) is 8.98. The number of guanidine groups is 1. The number of amides is 1. The zero-order chi connectivity index (χ0) is 17.4. The van der Waals surface area contributed by atoms with Crippen LogP contribution in [-0.4, -0.2) is 74.9 Å². The van der Waals surface area contributed by atoms with E-state index < -0.39 is 0 Å². The molecule has 1 aliphatic carbocycles. The SMILES string of the molecule is CN(C)C(=O)CN=C(NCC1(CCO)CCOC1)NC1CCCC1. The average Bonchev–Trinajstić information content (AvgIpc) is 3.22. The molecular weight excluding hydrogens is 308 g/mol. The number of hydrogen-bond donors (Lipinski definition) is 3. The monoisotopic (exact) mass is 340 g/mol. The van der Waals surface area contributed by atoms with E-state index in [1.54, 1.807) is 19.0 Å². The maximum Gasteiger partial charge on any atom is 0.243 e. The largest absolute Gasteiger partial charge is 0.396 e. The Balaban J connectivity index is 1.95. The van der Waals surface area contributed by atoms with Gasteiger partial charge in [0.15, 0.2) is 5.96 Å². The zero-order valence-corrected chi connectivity index (χ0v) is 15.0. The molecule has 2 fully saturated rings. The van der Waals surface area contributed by atoms with Gasteiger partial charge >= 0.3 is 0 Å². The van der Waals surface area contributed by atoms with Gasteiger partial charge < -0.3 is 25.4 Å².